The number of benzene rings is 1. The van der Waals surface area contributed by atoms with Crippen molar-refractivity contribution < 1.29 is 23.0 Å². The number of ether oxygens (including phenoxy) is 2. The van der Waals surface area contributed by atoms with Crippen LogP contribution in [0.5, 0.6) is 11.5 Å². The summed E-state index contributed by atoms with van der Waals surface area (Å²) < 4.78 is 44.4. The summed E-state index contributed by atoms with van der Waals surface area (Å²) in [6.07, 6.45) is 6.61. The minimum absolute atomic E-state index is 0.219. The van der Waals surface area contributed by atoms with Gasteiger partial charge in [-0.05, 0) is 40.5 Å². The van der Waals surface area contributed by atoms with E-state index in [9.17, 15) is 13.6 Å². The van der Waals surface area contributed by atoms with Gasteiger partial charge >= 0.3 is 0 Å². The van der Waals surface area contributed by atoms with Crippen LogP contribution in [-0.4, -0.2) is 30.9 Å². The Morgan fingerprint density at radius 1 is 1.25 bits per heavy atom. The zero-order valence-electron chi connectivity index (χ0n) is 19.1. The number of halogens is 2. The van der Waals surface area contributed by atoms with E-state index in [1.54, 1.807) is 0 Å². The molecular formula is C23H30F2N3O3P. The van der Waals surface area contributed by atoms with Crippen molar-refractivity contribution in [1.82, 2.24) is 4.75 Å². The molecule has 6 nitrogen and oxygen atoms in total. The highest BCUT2D eigenvalue weighted by Crippen LogP contribution is 2.43. The number of hydrogen-bond acceptors (Lipinski definition) is 5. The van der Waals surface area contributed by atoms with Gasteiger partial charge < -0.3 is 20.1 Å². The number of amides is 1. The van der Waals surface area contributed by atoms with Gasteiger partial charge in [-0.15, -0.1) is 0 Å². The van der Waals surface area contributed by atoms with Crippen LogP contribution in [0.25, 0.3) is 5.57 Å². The van der Waals surface area contributed by atoms with Crippen LogP contribution in [0, 0.1) is 18.6 Å². The first-order chi connectivity index (χ1) is 15.3. The van der Waals surface area contributed by atoms with Gasteiger partial charge in [0.1, 0.15) is 11.5 Å². The van der Waals surface area contributed by atoms with Crippen LogP contribution >= 0.6 is 7.69 Å². The molecular weight excluding hydrogens is 435 g/mol. The molecule has 1 aliphatic rings. The molecule has 0 spiro atoms. The molecule has 0 saturated heterocycles. The number of carbonyl (C=O) groups is 1. The van der Waals surface area contributed by atoms with E-state index in [1.807, 2.05) is 19.7 Å². The Hall–Kier alpha value is -2.60. The molecule has 1 unspecified atom stereocenters. The molecule has 1 saturated carbocycles. The molecule has 9 heteroatoms. The number of methoxy groups -OCH3 is 2. The van der Waals surface area contributed by atoms with Crippen molar-refractivity contribution in [1.29, 1.82) is 0 Å². The highest BCUT2D eigenvalue weighted by Gasteiger charge is 2.28. The van der Waals surface area contributed by atoms with Crippen molar-refractivity contribution in [3.63, 3.8) is 0 Å². The maximum atomic E-state index is 14.8. The second kappa shape index (κ2) is 10.3. The molecule has 1 heterocycles. The predicted octanol–water partition coefficient (Wildman–Crippen LogP) is 6.00. The summed E-state index contributed by atoms with van der Waals surface area (Å²) in [4.78, 5) is 13.3. The number of anilines is 2. The number of unbranched alkanes of at least 4 members (excludes halogenated alkanes) is 2. The highest BCUT2D eigenvalue weighted by atomic mass is 31.1. The summed E-state index contributed by atoms with van der Waals surface area (Å²) in [6, 6.07) is 1.54. The third kappa shape index (κ3) is 5.07. The number of nitrogens with one attached hydrogen (secondary N) is 2. The van der Waals surface area contributed by atoms with Gasteiger partial charge in [0.05, 0.1) is 14.2 Å². The van der Waals surface area contributed by atoms with Crippen molar-refractivity contribution in [3.8, 4) is 11.5 Å². The van der Waals surface area contributed by atoms with E-state index in [1.165, 1.54) is 14.2 Å². The lowest BCUT2D eigenvalue weighted by Crippen LogP contribution is -2.17. The zero-order chi connectivity index (χ0) is 23.4. The Kier molecular flexibility index (Phi) is 7.77. The molecule has 0 radical (unpaired) electrons. The third-order valence-corrected chi connectivity index (χ3v) is 7.14. The second-order valence-corrected chi connectivity index (χ2v) is 9.56. The van der Waals surface area contributed by atoms with Crippen molar-refractivity contribution >= 4 is 30.7 Å². The first-order valence-electron chi connectivity index (χ1n) is 10.7. The summed E-state index contributed by atoms with van der Waals surface area (Å²) in [5, 5.41) is 6.67. The number of aromatic nitrogens is 1. The Morgan fingerprint density at radius 2 is 1.88 bits per heavy atom. The van der Waals surface area contributed by atoms with Crippen LogP contribution in [0.1, 0.15) is 49.9 Å². The van der Waals surface area contributed by atoms with Gasteiger partial charge in [0.15, 0.2) is 23.1 Å². The minimum Gasteiger partial charge on any atom is -0.493 e. The number of allylic oxidation sites excluding steroid dienone is 1. The normalized spacial score (nSPS) is 14.3. The summed E-state index contributed by atoms with van der Waals surface area (Å²) >= 11 is 0. The molecule has 1 aromatic carbocycles. The molecule has 3 rings (SSSR count). The maximum absolute atomic E-state index is 14.8. The predicted molar refractivity (Wildman–Crippen MR) is 125 cm³/mol. The molecule has 32 heavy (non-hydrogen) atoms. The zero-order valence-corrected chi connectivity index (χ0v) is 20.0. The monoisotopic (exact) mass is 465 g/mol. The number of carbonyl (C=O) groups excluding carboxylic acids is 1. The average Bonchev–Trinajstić information content (AvgIpc) is 3.54. The molecule has 174 valence electrons. The standard InChI is InChI=1S/C23H30F2N3O3P/c1-6-7-8-9-15(21-13(2)22(28-32(21)5)26-14-10-11-14)23(29)27-20-18(24)16(30-3)12-17(31-4)19(20)25/h9,12,14H,6-8,10-11H2,1-5H3,(H,26,28)(H,27,29)/b15-9+. The van der Waals surface area contributed by atoms with E-state index in [0.29, 0.717) is 18.0 Å². The first kappa shape index (κ1) is 24.1. The van der Waals surface area contributed by atoms with Gasteiger partial charge in [0, 0.05) is 28.5 Å². The fraction of sp³-hybridized carbons (Fsp3) is 0.478. The minimum atomic E-state index is -0.990. The van der Waals surface area contributed by atoms with Gasteiger partial charge in [-0.2, -0.15) is 0 Å². The van der Waals surface area contributed by atoms with E-state index in [-0.39, 0.29) is 11.5 Å². The van der Waals surface area contributed by atoms with Crippen LogP contribution in [0.2, 0.25) is 0 Å². The van der Waals surface area contributed by atoms with Crippen molar-refractivity contribution in [2.24, 2.45) is 6.66 Å². The van der Waals surface area contributed by atoms with E-state index < -0.39 is 30.9 Å². The molecule has 2 aromatic rings. The number of nitrogens with zero attached hydrogens (tertiary/aromatic N) is 1. The Balaban J connectivity index is 2.00. The van der Waals surface area contributed by atoms with Gasteiger partial charge in [0.25, 0.3) is 5.91 Å². The van der Waals surface area contributed by atoms with E-state index in [2.05, 4.69) is 17.6 Å². The van der Waals surface area contributed by atoms with Gasteiger partial charge in [0.2, 0.25) is 0 Å². The lowest BCUT2D eigenvalue weighted by atomic mass is 10.1. The quantitative estimate of drug-likeness (QED) is 0.333. The SMILES string of the molecule is CCCC/C=C(/C(=O)Nc1c(F)c(OC)cc(OC)c1F)c1c(C)c(NC2CC2)np1C. The fourth-order valence-corrected chi connectivity index (χ4v) is 5.23. The van der Waals surface area contributed by atoms with Gasteiger partial charge in [-0.3, -0.25) is 4.79 Å². The molecule has 1 atom stereocenters. The molecule has 0 bridgehead atoms. The van der Waals surface area contributed by atoms with E-state index in [0.717, 1.165) is 48.4 Å². The summed E-state index contributed by atoms with van der Waals surface area (Å²) in [5.41, 5.74) is 0.718. The van der Waals surface area contributed by atoms with Crippen molar-refractivity contribution in [2.45, 2.75) is 52.0 Å². The highest BCUT2D eigenvalue weighted by molar-refractivity contribution is 7.45. The number of aryl methyl sites for hydroxylation is 1. The lowest BCUT2D eigenvalue weighted by molar-refractivity contribution is -0.111. The topological polar surface area (TPSA) is 72.5 Å². The van der Waals surface area contributed by atoms with Crippen LogP contribution in [-0.2, 0) is 11.5 Å². The third-order valence-electron chi connectivity index (χ3n) is 5.42. The Morgan fingerprint density at radius 3 is 2.41 bits per heavy atom. The summed E-state index contributed by atoms with van der Waals surface area (Å²) in [7, 11) is 1.56. The van der Waals surface area contributed by atoms with Crippen LogP contribution < -0.4 is 20.1 Å². The van der Waals surface area contributed by atoms with Crippen LogP contribution in [0.4, 0.5) is 20.3 Å². The maximum Gasteiger partial charge on any atom is 0.256 e. The molecule has 0 aliphatic heterocycles. The molecule has 1 amide bonds. The van der Waals surface area contributed by atoms with Crippen LogP contribution in [0.3, 0.4) is 0 Å². The summed E-state index contributed by atoms with van der Waals surface area (Å²) in [5.74, 6) is -2.19. The fourth-order valence-electron chi connectivity index (χ4n) is 3.49. The summed E-state index contributed by atoms with van der Waals surface area (Å²) in [6.45, 7) is 5.98. The number of hydrogen-bond donors (Lipinski definition) is 2. The molecule has 2 N–H and O–H groups in total. The number of rotatable bonds is 10. The van der Waals surface area contributed by atoms with E-state index in [4.69, 9.17) is 14.2 Å². The Labute approximate surface area is 188 Å². The Bertz CT molecular complexity index is 1000. The molecule has 1 aliphatic carbocycles. The lowest BCUT2D eigenvalue weighted by Gasteiger charge is -2.15. The van der Waals surface area contributed by atoms with Crippen molar-refractivity contribution in [2.75, 3.05) is 24.9 Å². The molecule has 1 aromatic heterocycles. The average molecular weight is 465 g/mol. The smallest absolute Gasteiger partial charge is 0.256 e. The van der Waals surface area contributed by atoms with Gasteiger partial charge in [-0.25, -0.2) is 13.5 Å². The van der Waals surface area contributed by atoms with Crippen LogP contribution in [0.15, 0.2) is 12.1 Å². The first-order valence-corrected chi connectivity index (χ1v) is 12.5. The second-order valence-electron chi connectivity index (χ2n) is 7.86. The van der Waals surface area contributed by atoms with Crippen molar-refractivity contribution in [3.05, 3.63) is 34.6 Å². The van der Waals surface area contributed by atoms with E-state index >= 15 is 0 Å². The largest absolute Gasteiger partial charge is 0.493 e. The van der Waals surface area contributed by atoms with Gasteiger partial charge in [-0.1, -0.05) is 25.8 Å². The molecule has 1 fully saturated rings.